The molecule has 0 fully saturated rings. The van der Waals surface area contributed by atoms with Crippen LogP contribution >= 0.6 is 11.6 Å². The summed E-state index contributed by atoms with van der Waals surface area (Å²) >= 11 is 6.17. The van der Waals surface area contributed by atoms with Crippen LogP contribution in [0.1, 0.15) is 36.8 Å². The highest BCUT2D eigenvalue weighted by Crippen LogP contribution is 2.25. The van der Waals surface area contributed by atoms with Gasteiger partial charge in [-0.15, -0.1) is 5.10 Å². The Morgan fingerprint density at radius 1 is 0.981 bits per heavy atom. The van der Waals surface area contributed by atoms with Gasteiger partial charge in [0.2, 0.25) is 11.9 Å². The first-order chi connectivity index (χ1) is 25.3. The van der Waals surface area contributed by atoms with Gasteiger partial charge in [0.05, 0.1) is 17.1 Å². The van der Waals surface area contributed by atoms with Gasteiger partial charge in [-0.05, 0) is 91.4 Å². The minimum atomic E-state index is -1.23. The monoisotopic (exact) mass is 736 g/mol. The highest BCUT2D eigenvalue weighted by Gasteiger charge is 2.26. The molecule has 0 spiro atoms. The summed E-state index contributed by atoms with van der Waals surface area (Å²) in [4.78, 5) is 64.3. The van der Waals surface area contributed by atoms with Crippen molar-refractivity contribution in [3.05, 3.63) is 108 Å². The van der Waals surface area contributed by atoms with Gasteiger partial charge < -0.3 is 31.4 Å². The van der Waals surface area contributed by atoms with Crippen molar-refractivity contribution in [1.82, 2.24) is 40.1 Å². The predicted molar refractivity (Wildman–Crippen MR) is 196 cm³/mol. The number of fused-ring (bicyclic) bond motifs is 1. The number of aliphatic imine (C=N–C) groups is 1. The van der Waals surface area contributed by atoms with E-state index in [-0.39, 0.29) is 28.8 Å². The molecule has 6 N–H and O–H groups in total. The SMILES string of the molecule is CC(C)(C)OC(=O)c1cc2cc(NC(=O)[C@H](Cc3ccc(N=C(N)n4ccnc4)cc3)NC(=O)C(=O)Nc3cc(Cl)ccc3-n3cnnn3)ccc2[nH]1. The number of amides is 3. The van der Waals surface area contributed by atoms with Crippen molar-refractivity contribution in [2.45, 2.75) is 38.8 Å². The summed E-state index contributed by atoms with van der Waals surface area (Å²) in [5, 5.41) is 19.8. The van der Waals surface area contributed by atoms with E-state index in [0.29, 0.717) is 33.5 Å². The van der Waals surface area contributed by atoms with E-state index >= 15 is 0 Å². The number of nitrogens with zero attached hydrogens (tertiary/aromatic N) is 7. The van der Waals surface area contributed by atoms with Gasteiger partial charge in [0, 0.05) is 40.4 Å². The first-order valence-electron chi connectivity index (χ1n) is 16.0. The topological polar surface area (TPSA) is 229 Å². The molecule has 0 unspecified atom stereocenters. The zero-order valence-electron chi connectivity index (χ0n) is 28.6. The first-order valence-corrected chi connectivity index (χ1v) is 16.4. The Morgan fingerprint density at radius 2 is 1.77 bits per heavy atom. The number of nitrogens with one attached hydrogen (secondary N) is 4. The number of benzene rings is 3. The largest absolute Gasteiger partial charge is 0.455 e. The van der Waals surface area contributed by atoms with Crippen molar-refractivity contribution in [1.29, 1.82) is 0 Å². The fourth-order valence-corrected chi connectivity index (χ4v) is 5.27. The molecule has 3 aromatic carbocycles. The molecule has 3 aromatic heterocycles. The van der Waals surface area contributed by atoms with E-state index in [0.717, 1.165) is 0 Å². The number of esters is 1. The number of H-pyrrole nitrogens is 1. The van der Waals surface area contributed by atoms with Crippen LogP contribution in [0.25, 0.3) is 16.6 Å². The Bertz CT molecular complexity index is 2310. The summed E-state index contributed by atoms with van der Waals surface area (Å²) in [5.41, 5.74) is 8.32. The number of tetrazole rings is 1. The molecule has 3 amide bonds. The van der Waals surface area contributed by atoms with E-state index in [1.807, 2.05) is 0 Å². The lowest BCUT2D eigenvalue weighted by molar-refractivity contribution is -0.137. The standard InChI is InChI=1S/C35H33ClN12O5/c1-35(2,3)53-33(52)28-16-21-15-24(9-10-25(21)42-28)40-30(49)27(14-20-4-7-23(8-5-20)41-34(37)47-13-12-38-18-47)44-32(51)31(50)43-26-17-22(36)6-11-29(26)48-19-39-45-46-48/h4-13,15-19,27,42H,14H2,1-3H3,(H2,37,41)(H,40,49)(H,43,50)(H,44,51)/t27-/m0/s1. The summed E-state index contributed by atoms with van der Waals surface area (Å²) in [5.74, 6) is -3.10. The average molecular weight is 737 g/mol. The minimum Gasteiger partial charge on any atom is -0.455 e. The molecule has 0 radical (unpaired) electrons. The van der Waals surface area contributed by atoms with Crippen LogP contribution in [0.15, 0.2) is 96.8 Å². The van der Waals surface area contributed by atoms with Crippen molar-refractivity contribution in [2.75, 3.05) is 10.6 Å². The van der Waals surface area contributed by atoms with Crippen LogP contribution < -0.4 is 21.7 Å². The smallest absolute Gasteiger partial charge is 0.355 e. The first kappa shape index (κ1) is 35.9. The molecule has 270 valence electrons. The Hall–Kier alpha value is -6.88. The third kappa shape index (κ3) is 9.08. The minimum absolute atomic E-state index is 0.00587. The lowest BCUT2D eigenvalue weighted by Gasteiger charge is -2.19. The lowest BCUT2D eigenvalue weighted by Crippen LogP contribution is -2.49. The van der Waals surface area contributed by atoms with E-state index < -0.39 is 35.3 Å². The van der Waals surface area contributed by atoms with E-state index in [2.05, 4.69) is 46.4 Å². The zero-order valence-corrected chi connectivity index (χ0v) is 29.3. The van der Waals surface area contributed by atoms with Gasteiger partial charge in [0.25, 0.3) is 0 Å². The van der Waals surface area contributed by atoms with Crippen LogP contribution in [0.4, 0.5) is 17.1 Å². The maximum absolute atomic E-state index is 13.8. The molecule has 0 saturated heterocycles. The molecule has 18 heteroatoms. The molecule has 1 atom stereocenters. The molecular formula is C35H33ClN12O5. The molecule has 17 nitrogen and oxygen atoms in total. The van der Waals surface area contributed by atoms with Gasteiger partial charge in [-0.25, -0.2) is 14.8 Å². The van der Waals surface area contributed by atoms with Crippen LogP contribution in [-0.4, -0.2) is 76.0 Å². The quantitative estimate of drug-likeness (QED) is 0.0625. The van der Waals surface area contributed by atoms with Gasteiger partial charge in [0.1, 0.15) is 30.0 Å². The van der Waals surface area contributed by atoms with E-state index in [4.69, 9.17) is 22.1 Å². The second kappa shape index (κ2) is 15.2. The van der Waals surface area contributed by atoms with E-state index in [1.165, 1.54) is 23.4 Å². The number of hydrogen-bond donors (Lipinski definition) is 5. The van der Waals surface area contributed by atoms with Gasteiger partial charge in [-0.3, -0.25) is 19.0 Å². The lowest BCUT2D eigenvalue weighted by atomic mass is 10.0. The van der Waals surface area contributed by atoms with Crippen LogP contribution in [0, 0.1) is 0 Å². The summed E-state index contributed by atoms with van der Waals surface area (Å²) < 4.78 is 8.29. The Kier molecular flexibility index (Phi) is 10.3. The van der Waals surface area contributed by atoms with Crippen LogP contribution in [0.3, 0.4) is 0 Å². The second-order valence-electron chi connectivity index (χ2n) is 12.7. The molecular weight excluding hydrogens is 704 g/mol. The van der Waals surface area contributed by atoms with Crippen LogP contribution in [-0.2, 0) is 25.5 Å². The average Bonchev–Trinajstić information content (AvgIpc) is 3.91. The molecule has 0 aliphatic heterocycles. The molecule has 0 saturated carbocycles. The molecule has 0 aliphatic carbocycles. The Balaban J connectivity index is 1.22. The summed E-state index contributed by atoms with van der Waals surface area (Å²) in [6.07, 6.45) is 6.05. The number of carbonyl (C=O) groups is 4. The van der Waals surface area contributed by atoms with Crippen molar-refractivity contribution < 1.29 is 23.9 Å². The number of hydrogen-bond acceptors (Lipinski definition) is 10. The maximum atomic E-state index is 13.8. The highest BCUT2D eigenvalue weighted by molar-refractivity contribution is 6.40. The summed E-state index contributed by atoms with van der Waals surface area (Å²) in [7, 11) is 0. The maximum Gasteiger partial charge on any atom is 0.355 e. The fraction of sp³-hybridized carbons (Fsp3) is 0.171. The number of aromatic nitrogens is 7. The van der Waals surface area contributed by atoms with Crippen LogP contribution in [0.2, 0.25) is 5.02 Å². The number of rotatable bonds is 9. The zero-order chi connectivity index (χ0) is 37.7. The van der Waals surface area contributed by atoms with Crippen molar-refractivity contribution in [3.8, 4) is 5.69 Å². The van der Waals surface area contributed by atoms with Gasteiger partial charge >= 0.3 is 17.8 Å². The molecule has 0 aliphatic rings. The van der Waals surface area contributed by atoms with Gasteiger partial charge in [0.15, 0.2) is 0 Å². The van der Waals surface area contributed by atoms with E-state index in [1.54, 1.807) is 98.4 Å². The summed E-state index contributed by atoms with van der Waals surface area (Å²) in [6.45, 7) is 5.31. The number of nitrogens with two attached hydrogens (primary N) is 1. The molecule has 3 heterocycles. The third-order valence-corrected chi connectivity index (χ3v) is 7.76. The second-order valence-corrected chi connectivity index (χ2v) is 13.1. The van der Waals surface area contributed by atoms with E-state index in [9.17, 15) is 19.2 Å². The normalized spacial score (nSPS) is 12.3. The number of halogens is 1. The van der Waals surface area contributed by atoms with Crippen molar-refractivity contribution >= 4 is 69.2 Å². The van der Waals surface area contributed by atoms with Crippen LogP contribution in [0.5, 0.6) is 0 Å². The number of ether oxygens (including phenoxy) is 1. The van der Waals surface area contributed by atoms with Gasteiger partial charge in [-0.1, -0.05) is 23.7 Å². The molecule has 0 bridgehead atoms. The van der Waals surface area contributed by atoms with Crippen molar-refractivity contribution in [3.63, 3.8) is 0 Å². The fourth-order valence-electron chi connectivity index (χ4n) is 5.10. The van der Waals surface area contributed by atoms with Crippen molar-refractivity contribution in [2.24, 2.45) is 10.7 Å². The molecule has 6 aromatic rings. The Labute approximate surface area is 306 Å². The Morgan fingerprint density at radius 3 is 2.47 bits per heavy atom. The van der Waals surface area contributed by atoms with Gasteiger partial charge in [-0.2, -0.15) is 4.68 Å². The number of anilines is 2. The predicted octanol–water partition coefficient (Wildman–Crippen LogP) is 3.75. The number of imidazole rings is 1. The third-order valence-electron chi connectivity index (χ3n) is 7.53. The summed E-state index contributed by atoms with van der Waals surface area (Å²) in [6, 6.07) is 16.8. The highest BCUT2D eigenvalue weighted by atomic mass is 35.5. The number of aromatic amines is 1. The number of carbonyl (C=O) groups excluding carboxylic acids is 4. The molecule has 53 heavy (non-hydrogen) atoms. The molecule has 6 rings (SSSR count).